The van der Waals surface area contributed by atoms with Crippen molar-refractivity contribution in [2.75, 3.05) is 14.2 Å². The summed E-state index contributed by atoms with van der Waals surface area (Å²) >= 11 is 0. The van der Waals surface area contributed by atoms with Gasteiger partial charge in [0.1, 0.15) is 24.7 Å². The molecule has 0 aliphatic heterocycles. The van der Waals surface area contributed by atoms with Crippen LogP contribution in [0.25, 0.3) is 0 Å². The summed E-state index contributed by atoms with van der Waals surface area (Å²) in [5.74, 6) is 1.59. The van der Waals surface area contributed by atoms with E-state index in [4.69, 9.17) is 19.1 Å². The molecule has 0 N–H and O–H groups in total. The maximum absolute atomic E-state index is 5.43. The van der Waals surface area contributed by atoms with Crippen LogP contribution in [0.2, 0.25) is 0 Å². The van der Waals surface area contributed by atoms with Crippen molar-refractivity contribution >= 4 is 12.4 Å². The third-order valence-corrected chi connectivity index (χ3v) is 6.04. The maximum Gasteiger partial charge on any atom is 0.169 e. The topological polar surface area (TPSA) is 69.4 Å². The summed E-state index contributed by atoms with van der Waals surface area (Å²) in [7, 11) is 3.30. The van der Waals surface area contributed by atoms with Crippen molar-refractivity contribution in [3.8, 4) is 11.5 Å². The van der Waals surface area contributed by atoms with Crippen LogP contribution >= 0.6 is 0 Å². The molecule has 216 valence electrons. The van der Waals surface area contributed by atoms with Gasteiger partial charge in [0.25, 0.3) is 0 Å². The molecule has 8 nitrogen and oxygen atoms in total. The predicted octanol–water partition coefficient (Wildman–Crippen LogP) is -1.52. The molecule has 4 aromatic rings. The van der Waals surface area contributed by atoms with E-state index in [1.54, 1.807) is 26.6 Å². The predicted molar refractivity (Wildman–Crippen MR) is 149 cm³/mol. The number of pyridine rings is 2. The van der Waals surface area contributed by atoms with E-state index in [2.05, 4.69) is 44.2 Å². The lowest BCUT2D eigenvalue weighted by Gasteiger charge is -2.06. The molecule has 0 aliphatic rings. The van der Waals surface area contributed by atoms with Crippen molar-refractivity contribution in [2.24, 2.45) is 10.3 Å². The molecule has 0 radical (unpaired) electrons. The third kappa shape index (κ3) is 11.0. The van der Waals surface area contributed by atoms with E-state index in [9.17, 15) is 0 Å². The summed E-state index contributed by atoms with van der Waals surface area (Å²) in [6.07, 6.45) is 12.6. The Hall–Kier alpha value is -3.76. The van der Waals surface area contributed by atoms with Gasteiger partial charge in [0.2, 0.25) is 0 Å². The normalized spacial score (nSPS) is 10.6. The highest BCUT2D eigenvalue weighted by Crippen LogP contribution is 2.18. The van der Waals surface area contributed by atoms with Crippen molar-refractivity contribution in [1.82, 2.24) is 0 Å². The molecule has 0 saturated carbocycles. The van der Waals surface area contributed by atoms with Gasteiger partial charge in [-0.1, -0.05) is 46.7 Å². The molecule has 0 spiro atoms. The van der Waals surface area contributed by atoms with Gasteiger partial charge in [0.15, 0.2) is 37.9 Å². The molecule has 0 unspecified atom stereocenters. The molecule has 0 fully saturated rings. The van der Waals surface area contributed by atoms with E-state index in [0.717, 1.165) is 53.3 Å². The van der Waals surface area contributed by atoms with Gasteiger partial charge >= 0.3 is 0 Å². The summed E-state index contributed by atoms with van der Waals surface area (Å²) < 4.78 is 15.0. The fraction of sp³-hybridized carbons (Fsp3) is 0.226. The molecule has 0 atom stereocenters. The standard InChI is InChI=1S/C31H34N4O4.2BrH/c1-36-30-10-5-3-8-28(30)24-38-32-22-26-12-18-34(19-13-26)16-7-17-35-20-14-27(15-21-35)23-33-39-25-29-9-4-6-11-31(29)37-2;;/h3-6,8-15,18-23H,7,16-17,24-25H2,1-2H3;2*1H/q+2;;/p-2/b32-22+,33-23+;;. The van der Waals surface area contributed by atoms with E-state index in [1.807, 2.05) is 72.8 Å². The number of para-hydroxylation sites is 2. The van der Waals surface area contributed by atoms with Crippen LogP contribution in [0.1, 0.15) is 28.7 Å². The number of rotatable bonds is 14. The largest absolute Gasteiger partial charge is 1.00 e. The number of aromatic nitrogens is 2. The number of nitrogens with zero attached hydrogens (tertiary/aromatic N) is 4. The smallest absolute Gasteiger partial charge is 0.169 e. The van der Waals surface area contributed by atoms with Crippen LogP contribution in [-0.2, 0) is 36.0 Å². The molecule has 0 saturated heterocycles. The van der Waals surface area contributed by atoms with Crippen LogP contribution in [0, 0.1) is 0 Å². The SMILES string of the molecule is COc1ccccc1CO/N=C/c1cc[n+](CCC[n+]2ccc(/C=N/OCc3ccccc3OC)cc2)cc1.[Br-].[Br-]. The fourth-order valence-corrected chi connectivity index (χ4v) is 3.90. The van der Waals surface area contributed by atoms with Crippen LogP contribution in [-0.4, -0.2) is 26.6 Å². The second-order valence-corrected chi connectivity index (χ2v) is 8.73. The summed E-state index contributed by atoms with van der Waals surface area (Å²) in [6, 6.07) is 23.6. The number of methoxy groups -OCH3 is 2. The Morgan fingerprint density at radius 2 is 0.976 bits per heavy atom. The minimum atomic E-state index is 0. The Bertz CT molecular complexity index is 1260. The number of hydrogen-bond donors (Lipinski definition) is 0. The van der Waals surface area contributed by atoms with Gasteiger partial charge in [0, 0.05) is 46.5 Å². The lowest BCUT2D eigenvalue weighted by Crippen LogP contribution is -3.00. The molecule has 0 amide bonds. The van der Waals surface area contributed by atoms with E-state index >= 15 is 0 Å². The zero-order valence-electron chi connectivity index (χ0n) is 23.1. The van der Waals surface area contributed by atoms with Crippen molar-refractivity contribution in [3.05, 3.63) is 120 Å². The molecule has 41 heavy (non-hydrogen) atoms. The Morgan fingerprint density at radius 3 is 1.37 bits per heavy atom. The van der Waals surface area contributed by atoms with E-state index in [-0.39, 0.29) is 34.0 Å². The van der Waals surface area contributed by atoms with Gasteiger partial charge in [-0.25, -0.2) is 9.13 Å². The van der Waals surface area contributed by atoms with Gasteiger partial charge in [-0.05, 0) is 12.1 Å². The lowest BCUT2D eigenvalue weighted by atomic mass is 10.2. The summed E-state index contributed by atoms with van der Waals surface area (Å²) in [5.41, 5.74) is 3.87. The molecule has 2 aromatic heterocycles. The highest BCUT2D eigenvalue weighted by atomic mass is 79.9. The summed E-state index contributed by atoms with van der Waals surface area (Å²) in [6.45, 7) is 2.54. The zero-order chi connectivity index (χ0) is 27.1. The van der Waals surface area contributed by atoms with Gasteiger partial charge in [0.05, 0.1) is 33.1 Å². The summed E-state index contributed by atoms with van der Waals surface area (Å²) in [5, 5.41) is 8.16. The fourth-order valence-electron chi connectivity index (χ4n) is 3.90. The second kappa shape index (κ2) is 18.6. The van der Waals surface area contributed by atoms with Crippen molar-refractivity contribution < 1.29 is 62.2 Å². The molecule has 0 bridgehead atoms. The number of oxime groups is 2. The lowest BCUT2D eigenvalue weighted by molar-refractivity contribution is -0.726. The second-order valence-electron chi connectivity index (χ2n) is 8.73. The van der Waals surface area contributed by atoms with Crippen LogP contribution in [0.4, 0.5) is 0 Å². The van der Waals surface area contributed by atoms with Gasteiger partial charge < -0.3 is 53.1 Å². The number of ether oxygens (including phenoxy) is 2. The van der Waals surface area contributed by atoms with Crippen LogP contribution in [0.3, 0.4) is 0 Å². The number of halogens is 2. The average Bonchev–Trinajstić information content (AvgIpc) is 2.99. The molecule has 10 heteroatoms. The van der Waals surface area contributed by atoms with E-state index in [1.165, 1.54) is 0 Å². The first-order valence-corrected chi connectivity index (χ1v) is 12.8. The number of aryl methyl sites for hydroxylation is 2. The van der Waals surface area contributed by atoms with Crippen LogP contribution < -0.4 is 52.6 Å². The molecule has 2 heterocycles. The Balaban J connectivity index is 0.00000294. The molecule has 0 aliphatic carbocycles. The van der Waals surface area contributed by atoms with Crippen LogP contribution in [0.15, 0.2) is 108 Å². The first-order valence-electron chi connectivity index (χ1n) is 12.8. The van der Waals surface area contributed by atoms with E-state index < -0.39 is 0 Å². The van der Waals surface area contributed by atoms with Gasteiger partial charge in [-0.15, -0.1) is 0 Å². The summed E-state index contributed by atoms with van der Waals surface area (Å²) in [4.78, 5) is 10.9. The zero-order valence-corrected chi connectivity index (χ0v) is 26.3. The van der Waals surface area contributed by atoms with Gasteiger partial charge in [-0.2, -0.15) is 0 Å². The quantitative estimate of drug-likeness (QED) is 0.0920. The van der Waals surface area contributed by atoms with Crippen molar-refractivity contribution in [3.63, 3.8) is 0 Å². The minimum absolute atomic E-state index is 0. The Labute approximate surface area is 262 Å². The minimum Gasteiger partial charge on any atom is -1.00 e. The van der Waals surface area contributed by atoms with Crippen LogP contribution in [0.5, 0.6) is 11.5 Å². The highest BCUT2D eigenvalue weighted by molar-refractivity contribution is 5.78. The number of benzene rings is 2. The molecular formula is C31H34Br2N4O4. The Kier molecular flexibility index (Phi) is 15.1. The maximum atomic E-state index is 5.43. The molecule has 4 rings (SSSR count). The van der Waals surface area contributed by atoms with E-state index in [0.29, 0.717) is 13.2 Å². The Morgan fingerprint density at radius 1 is 0.585 bits per heavy atom. The average molecular weight is 686 g/mol. The first kappa shape index (κ1) is 33.4. The highest BCUT2D eigenvalue weighted by Gasteiger charge is 2.06. The number of hydrogen-bond acceptors (Lipinski definition) is 6. The van der Waals surface area contributed by atoms with Crippen molar-refractivity contribution in [1.29, 1.82) is 0 Å². The monoisotopic (exact) mass is 684 g/mol. The molecule has 2 aromatic carbocycles. The molecular weight excluding hydrogens is 652 g/mol. The van der Waals surface area contributed by atoms with Gasteiger partial charge in [-0.3, -0.25) is 0 Å². The third-order valence-electron chi connectivity index (χ3n) is 6.04. The first-order chi connectivity index (χ1) is 19.2. The van der Waals surface area contributed by atoms with Crippen molar-refractivity contribution in [2.45, 2.75) is 32.7 Å².